The van der Waals surface area contributed by atoms with Crippen molar-refractivity contribution in [2.45, 2.75) is 24.4 Å². The van der Waals surface area contributed by atoms with Crippen molar-refractivity contribution in [3.63, 3.8) is 0 Å². The molecule has 0 aliphatic carbocycles. The molecular weight excluding hydrogens is 299 g/mol. The Labute approximate surface area is 119 Å². The van der Waals surface area contributed by atoms with E-state index in [1.165, 1.54) is 23.0 Å². The molecule has 7 nitrogen and oxygen atoms in total. The van der Waals surface area contributed by atoms with Gasteiger partial charge in [-0.15, -0.1) is 0 Å². The molecule has 0 fully saturated rings. The summed E-state index contributed by atoms with van der Waals surface area (Å²) in [4.78, 5) is 19.4. The fraction of sp³-hybridized carbons (Fsp3) is 0.250. The van der Waals surface area contributed by atoms with Crippen molar-refractivity contribution in [1.29, 1.82) is 0 Å². The largest absolute Gasteiger partial charge is 0.318 e. The molecule has 0 saturated carbocycles. The summed E-state index contributed by atoms with van der Waals surface area (Å²) in [6.45, 7) is 0.526. The first-order chi connectivity index (χ1) is 9.99. The average Bonchev–Trinajstić information content (AvgIpc) is 3.00. The zero-order valence-electron chi connectivity index (χ0n) is 10.8. The van der Waals surface area contributed by atoms with Crippen LogP contribution in [-0.4, -0.2) is 28.9 Å². The number of sulfonamides is 1. The number of aromatic nitrogens is 3. The lowest BCUT2D eigenvalue weighted by atomic mass is 10.3. The van der Waals surface area contributed by atoms with Crippen LogP contribution >= 0.6 is 0 Å². The van der Waals surface area contributed by atoms with E-state index in [-0.39, 0.29) is 5.03 Å². The number of halogens is 1. The number of nitrogens with zero attached hydrogens (tertiary/aromatic N) is 3. The van der Waals surface area contributed by atoms with Crippen LogP contribution in [0, 0.1) is 5.82 Å². The number of fused-ring (bicyclic) bond motifs is 1. The summed E-state index contributed by atoms with van der Waals surface area (Å²) in [7, 11) is -4.11. The lowest BCUT2D eigenvalue weighted by molar-refractivity contribution is 0.0972. The molecule has 1 aliphatic rings. The number of hydrogen-bond acceptors (Lipinski definition) is 5. The molecule has 2 aromatic heterocycles. The average molecular weight is 310 g/mol. The van der Waals surface area contributed by atoms with Crippen LogP contribution < -0.4 is 4.72 Å². The summed E-state index contributed by atoms with van der Waals surface area (Å²) in [5.41, 5.74) is -0.567. The first kappa shape index (κ1) is 13.7. The Kier molecular flexibility index (Phi) is 3.20. The highest BCUT2D eigenvalue weighted by Crippen LogP contribution is 2.19. The van der Waals surface area contributed by atoms with Crippen molar-refractivity contribution < 1.29 is 17.6 Å². The van der Waals surface area contributed by atoms with Gasteiger partial charge in [-0.2, -0.15) is 8.42 Å². The van der Waals surface area contributed by atoms with Crippen LogP contribution in [0.1, 0.15) is 22.7 Å². The third-order valence-corrected chi connectivity index (χ3v) is 4.49. The van der Waals surface area contributed by atoms with Crippen LogP contribution in [0.2, 0.25) is 0 Å². The van der Waals surface area contributed by atoms with E-state index in [0.29, 0.717) is 18.8 Å². The van der Waals surface area contributed by atoms with Crippen LogP contribution in [0.25, 0.3) is 0 Å². The fourth-order valence-corrected chi connectivity index (χ4v) is 3.34. The molecule has 1 N–H and O–H groups in total. The SMILES string of the molecule is O=C(NS(=O)(=O)c1cnc2n1CCC2)c1ncccc1F. The second-order valence-corrected chi connectivity index (χ2v) is 6.17. The number of aryl methyl sites for hydroxylation is 1. The van der Waals surface area contributed by atoms with E-state index in [9.17, 15) is 17.6 Å². The van der Waals surface area contributed by atoms with Gasteiger partial charge < -0.3 is 4.57 Å². The number of hydrogen-bond donors (Lipinski definition) is 1. The quantitative estimate of drug-likeness (QED) is 0.890. The van der Waals surface area contributed by atoms with Crippen molar-refractivity contribution in [1.82, 2.24) is 19.3 Å². The predicted molar refractivity (Wildman–Crippen MR) is 69.4 cm³/mol. The number of rotatable bonds is 3. The highest BCUT2D eigenvalue weighted by molar-refractivity contribution is 7.90. The molecule has 21 heavy (non-hydrogen) atoms. The normalized spacial score (nSPS) is 14.0. The van der Waals surface area contributed by atoms with E-state index in [0.717, 1.165) is 12.5 Å². The third kappa shape index (κ3) is 2.40. The Morgan fingerprint density at radius 1 is 1.38 bits per heavy atom. The summed E-state index contributed by atoms with van der Waals surface area (Å²) < 4.78 is 41.2. The summed E-state index contributed by atoms with van der Waals surface area (Å²) >= 11 is 0. The fourth-order valence-electron chi connectivity index (χ4n) is 2.22. The van der Waals surface area contributed by atoms with Crippen molar-refractivity contribution in [3.05, 3.63) is 41.9 Å². The van der Waals surface area contributed by atoms with Crippen molar-refractivity contribution in [2.24, 2.45) is 0 Å². The molecule has 0 saturated heterocycles. The molecular formula is C12H11FN4O3S. The summed E-state index contributed by atoms with van der Waals surface area (Å²) in [5, 5.41) is -0.0975. The Morgan fingerprint density at radius 2 is 2.19 bits per heavy atom. The smallest absolute Gasteiger partial charge is 0.286 e. The molecule has 9 heteroatoms. The lowest BCUT2D eigenvalue weighted by Gasteiger charge is -2.08. The number of pyridine rings is 1. The molecule has 0 aromatic carbocycles. The third-order valence-electron chi connectivity index (χ3n) is 3.16. The number of carbonyl (C=O) groups is 1. The van der Waals surface area contributed by atoms with E-state index < -0.39 is 27.4 Å². The molecule has 1 amide bonds. The van der Waals surface area contributed by atoms with Gasteiger partial charge in [-0.25, -0.2) is 19.1 Å². The highest BCUT2D eigenvalue weighted by Gasteiger charge is 2.28. The molecule has 0 radical (unpaired) electrons. The van der Waals surface area contributed by atoms with Gasteiger partial charge >= 0.3 is 0 Å². The van der Waals surface area contributed by atoms with Crippen LogP contribution in [0.4, 0.5) is 4.39 Å². The number of nitrogens with one attached hydrogen (secondary N) is 1. The summed E-state index contributed by atoms with van der Waals surface area (Å²) in [6, 6.07) is 2.34. The minimum absolute atomic E-state index is 0.0975. The van der Waals surface area contributed by atoms with Crippen molar-refractivity contribution >= 4 is 15.9 Å². The number of carbonyl (C=O) groups excluding carboxylic acids is 1. The van der Waals surface area contributed by atoms with Gasteiger partial charge in [0.05, 0.1) is 6.20 Å². The van der Waals surface area contributed by atoms with E-state index in [2.05, 4.69) is 9.97 Å². The molecule has 0 atom stereocenters. The van der Waals surface area contributed by atoms with Gasteiger partial charge in [0, 0.05) is 19.2 Å². The lowest BCUT2D eigenvalue weighted by Crippen LogP contribution is -2.33. The standard InChI is InChI=1S/C12H11FN4O3S/c13-8-3-1-5-14-11(8)12(18)16-21(19,20)10-7-15-9-4-2-6-17(9)10/h1,3,5,7H,2,4,6H2,(H,16,18). The molecule has 2 aromatic rings. The number of amides is 1. The minimum Gasteiger partial charge on any atom is -0.318 e. The van der Waals surface area contributed by atoms with Gasteiger partial charge in [0.15, 0.2) is 16.5 Å². The maximum atomic E-state index is 13.4. The van der Waals surface area contributed by atoms with Crippen LogP contribution in [0.3, 0.4) is 0 Å². The Hall–Kier alpha value is -2.29. The van der Waals surface area contributed by atoms with Crippen LogP contribution in [0.5, 0.6) is 0 Å². The van der Waals surface area contributed by atoms with E-state index in [4.69, 9.17) is 0 Å². The molecule has 1 aliphatic heterocycles. The van der Waals surface area contributed by atoms with Gasteiger partial charge in [0.25, 0.3) is 15.9 Å². The molecule has 3 heterocycles. The molecule has 0 bridgehead atoms. The molecule has 110 valence electrons. The van der Waals surface area contributed by atoms with Gasteiger partial charge in [-0.3, -0.25) is 4.79 Å². The zero-order chi connectivity index (χ0) is 15.0. The van der Waals surface area contributed by atoms with Crippen LogP contribution in [-0.2, 0) is 23.0 Å². The number of imidazole rings is 1. The van der Waals surface area contributed by atoms with Crippen LogP contribution in [0.15, 0.2) is 29.6 Å². The van der Waals surface area contributed by atoms with Crippen molar-refractivity contribution in [3.8, 4) is 0 Å². The first-order valence-electron chi connectivity index (χ1n) is 6.21. The first-order valence-corrected chi connectivity index (χ1v) is 7.69. The Bertz CT molecular complexity index is 816. The Balaban J connectivity index is 1.90. The second kappa shape index (κ2) is 4.92. The Morgan fingerprint density at radius 3 is 2.95 bits per heavy atom. The van der Waals surface area contributed by atoms with Gasteiger partial charge in [0.1, 0.15) is 5.82 Å². The molecule has 0 unspecified atom stereocenters. The van der Waals surface area contributed by atoms with Gasteiger partial charge in [0.2, 0.25) is 0 Å². The molecule has 0 spiro atoms. The van der Waals surface area contributed by atoms with E-state index in [1.54, 1.807) is 0 Å². The maximum Gasteiger partial charge on any atom is 0.286 e. The van der Waals surface area contributed by atoms with E-state index >= 15 is 0 Å². The highest BCUT2D eigenvalue weighted by atomic mass is 32.2. The topological polar surface area (TPSA) is 94.0 Å². The van der Waals surface area contributed by atoms with Crippen molar-refractivity contribution in [2.75, 3.05) is 0 Å². The maximum absolute atomic E-state index is 13.4. The van der Waals surface area contributed by atoms with E-state index in [1.807, 2.05) is 4.72 Å². The monoisotopic (exact) mass is 310 g/mol. The molecule has 3 rings (SSSR count). The van der Waals surface area contributed by atoms with Gasteiger partial charge in [-0.1, -0.05) is 0 Å². The minimum atomic E-state index is -4.11. The summed E-state index contributed by atoms with van der Waals surface area (Å²) in [5.74, 6) is -1.34. The van der Waals surface area contributed by atoms with Gasteiger partial charge in [-0.05, 0) is 18.6 Å². The second-order valence-electron chi connectivity index (χ2n) is 4.54. The zero-order valence-corrected chi connectivity index (χ0v) is 11.6. The summed E-state index contributed by atoms with van der Waals surface area (Å²) in [6.07, 6.45) is 3.90. The predicted octanol–water partition coefficient (Wildman–Crippen LogP) is 0.482.